The van der Waals surface area contributed by atoms with Crippen LogP contribution in [0.5, 0.6) is 0 Å². The molecule has 1 amide bonds. The fourth-order valence-corrected chi connectivity index (χ4v) is 3.54. The van der Waals surface area contributed by atoms with Crippen molar-refractivity contribution in [3.63, 3.8) is 0 Å². The molecule has 0 aliphatic rings. The summed E-state index contributed by atoms with van der Waals surface area (Å²) in [7, 11) is -4.94. The van der Waals surface area contributed by atoms with E-state index in [1.165, 1.54) is 18.2 Å². The van der Waals surface area contributed by atoms with Gasteiger partial charge in [-0.15, -0.1) is 10.2 Å². The minimum atomic E-state index is -4.94. The van der Waals surface area contributed by atoms with Gasteiger partial charge in [0.1, 0.15) is 11.1 Å². The number of nitrogens with zero attached hydrogens (tertiary/aromatic N) is 2. The van der Waals surface area contributed by atoms with Gasteiger partial charge in [-0.25, -0.2) is 4.79 Å². The normalized spacial score (nSPS) is 12.6. The Labute approximate surface area is 174 Å². The minimum absolute atomic E-state index is 0.0771. The Kier molecular flexibility index (Phi) is 5.28. The van der Waals surface area contributed by atoms with Crippen LogP contribution in [-0.2, 0) is 4.57 Å². The van der Waals surface area contributed by atoms with E-state index in [-0.39, 0.29) is 17.0 Å². The zero-order valence-electron chi connectivity index (χ0n) is 16.1. The highest BCUT2D eigenvalue weighted by molar-refractivity contribution is 7.52. The maximum atomic E-state index is 12.5. The number of hydrogen-bond donors (Lipinski definition) is 3. The molecule has 2 heterocycles. The first-order valence-corrected chi connectivity index (χ1v) is 10.7. The van der Waals surface area contributed by atoms with Gasteiger partial charge in [0.25, 0.3) is 17.7 Å². The number of aryl methyl sites for hydroxylation is 1. The second-order valence-corrected chi connectivity index (χ2v) is 8.46. The van der Waals surface area contributed by atoms with E-state index in [0.29, 0.717) is 11.0 Å². The topological polar surface area (TPSA) is 156 Å². The van der Waals surface area contributed by atoms with Crippen molar-refractivity contribution in [3.8, 4) is 11.5 Å². The van der Waals surface area contributed by atoms with Crippen molar-refractivity contribution in [1.29, 1.82) is 0 Å². The molecular formula is C20H16N3O7P. The Bertz CT molecular complexity index is 1370. The summed E-state index contributed by atoms with van der Waals surface area (Å²) in [4.78, 5) is 44.2. The number of para-hydroxylation sites is 1. The lowest BCUT2D eigenvalue weighted by atomic mass is 10.1. The van der Waals surface area contributed by atoms with Crippen molar-refractivity contribution in [1.82, 2.24) is 15.5 Å². The largest absolute Gasteiger partial charge is 0.422 e. The predicted octanol–water partition coefficient (Wildman–Crippen LogP) is 2.76. The average Bonchev–Trinajstić information content (AvgIpc) is 3.20. The first-order chi connectivity index (χ1) is 14.7. The number of rotatable bonds is 5. The Morgan fingerprint density at radius 2 is 1.77 bits per heavy atom. The van der Waals surface area contributed by atoms with Gasteiger partial charge in [-0.1, -0.05) is 35.9 Å². The first-order valence-electron chi connectivity index (χ1n) is 9.02. The van der Waals surface area contributed by atoms with Crippen molar-refractivity contribution in [2.75, 3.05) is 0 Å². The Morgan fingerprint density at radius 3 is 2.48 bits per heavy atom. The van der Waals surface area contributed by atoms with Crippen LogP contribution < -0.4 is 10.9 Å². The van der Waals surface area contributed by atoms with Crippen molar-refractivity contribution < 1.29 is 28.0 Å². The Balaban J connectivity index is 1.68. The fraction of sp³-hybridized carbons (Fsp3) is 0.100. The molecule has 0 aliphatic heterocycles. The smallest absolute Gasteiger partial charge is 0.357 e. The van der Waals surface area contributed by atoms with Crippen molar-refractivity contribution in [3.05, 3.63) is 82.0 Å². The molecule has 2 aromatic carbocycles. The maximum Gasteiger partial charge on any atom is 0.357 e. The quantitative estimate of drug-likeness (QED) is 0.313. The number of amides is 1. The third kappa shape index (κ3) is 4.31. The van der Waals surface area contributed by atoms with Gasteiger partial charge in [-0.3, -0.25) is 9.36 Å². The molecule has 0 saturated carbocycles. The lowest BCUT2D eigenvalue weighted by Gasteiger charge is -2.16. The van der Waals surface area contributed by atoms with E-state index in [1.54, 1.807) is 36.4 Å². The third-order valence-electron chi connectivity index (χ3n) is 4.46. The van der Waals surface area contributed by atoms with Crippen LogP contribution in [0.1, 0.15) is 27.6 Å². The number of nitrogens with one attached hydrogen (secondary N) is 1. The van der Waals surface area contributed by atoms with Gasteiger partial charge in [-0.05, 0) is 31.2 Å². The van der Waals surface area contributed by atoms with Gasteiger partial charge in [0.05, 0.1) is 0 Å². The van der Waals surface area contributed by atoms with E-state index in [2.05, 4.69) is 15.5 Å². The van der Waals surface area contributed by atoms with Gasteiger partial charge < -0.3 is 23.9 Å². The van der Waals surface area contributed by atoms with Crippen LogP contribution in [0.2, 0.25) is 0 Å². The fourth-order valence-electron chi connectivity index (χ4n) is 2.87. The lowest BCUT2D eigenvalue weighted by Crippen LogP contribution is -2.28. The van der Waals surface area contributed by atoms with E-state index >= 15 is 0 Å². The molecule has 3 N–H and O–H groups in total. The highest BCUT2D eigenvalue weighted by atomic mass is 31.2. The SMILES string of the molecule is Cc1ccc(C(=O)NC(c2nnc(-c3cc4ccccc4oc3=O)o2)P(=O)(O)O)cc1. The van der Waals surface area contributed by atoms with Crippen LogP contribution in [0.4, 0.5) is 0 Å². The highest BCUT2D eigenvalue weighted by Crippen LogP contribution is 2.49. The van der Waals surface area contributed by atoms with Crippen LogP contribution >= 0.6 is 7.60 Å². The monoisotopic (exact) mass is 441 g/mol. The van der Waals surface area contributed by atoms with Crippen LogP contribution in [0.3, 0.4) is 0 Å². The van der Waals surface area contributed by atoms with Crippen molar-refractivity contribution >= 4 is 24.5 Å². The summed E-state index contributed by atoms with van der Waals surface area (Å²) < 4.78 is 22.6. The molecule has 1 unspecified atom stereocenters. The summed E-state index contributed by atoms with van der Waals surface area (Å²) in [5, 5.41) is 10.2. The first kappa shape index (κ1) is 20.7. The van der Waals surface area contributed by atoms with Crippen molar-refractivity contribution in [2.45, 2.75) is 12.7 Å². The predicted molar refractivity (Wildman–Crippen MR) is 109 cm³/mol. The number of carbonyl (C=O) groups is 1. The van der Waals surface area contributed by atoms with Gasteiger partial charge >= 0.3 is 13.2 Å². The van der Waals surface area contributed by atoms with E-state index in [1.807, 2.05) is 6.92 Å². The average molecular weight is 441 g/mol. The molecule has 158 valence electrons. The molecule has 4 rings (SSSR count). The van der Waals surface area contributed by atoms with Gasteiger partial charge in [0.15, 0.2) is 0 Å². The van der Waals surface area contributed by atoms with Crippen molar-refractivity contribution in [2.24, 2.45) is 0 Å². The Morgan fingerprint density at radius 1 is 1.06 bits per heavy atom. The van der Waals surface area contributed by atoms with Gasteiger partial charge in [-0.2, -0.15) is 0 Å². The third-order valence-corrected chi connectivity index (χ3v) is 5.49. The molecule has 11 heteroatoms. The Hall–Kier alpha value is -3.59. The number of benzene rings is 2. The summed E-state index contributed by atoms with van der Waals surface area (Å²) in [6, 6.07) is 14.6. The minimum Gasteiger partial charge on any atom is -0.422 e. The summed E-state index contributed by atoms with van der Waals surface area (Å²) in [6.45, 7) is 1.84. The number of hydrogen-bond acceptors (Lipinski definition) is 7. The molecule has 0 saturated heterocycles. The lowest BCUT2D eigenvalue weighted by molar-refractivity contribution is 0.0938. The molecule has 10 nitrogen and oxygen atoms in total. The highest BCUT2D eigenvalue weighted by Gasteiger charge is 2.37. The number of carbonyl (C=O) groups excluding carboxylic acids is 1. The molecule has 0 spiro atoms. The summed E-state index contributed by atoms with van der Waals surface area (Å²) in [5.74, 6) is -3.47. The molecule has 0 fully saturated rings. The molecule has 2 aromatic heterocycles. The van der Waals surface area contributed by atoms with Crippen LogP contribution in [-0.4, -0.2) is 25.9 Å². The number of fused-ring (bicyclic) bond motifs is 1. The number of aromatic nitrogens is 2. The zero-order chi connectivity index (χ0) is 22.2. The van der Waals surface area contributed by atoms with Gasteiger partial charge in [0, 0.05) is 10.9 Å². The summed E-state index contributed by atoms with van der Waals surface area (Å²) in [6.07, 6.45) is 0. The molecule has 31 heavy (non-hydrogen) atoms. The zero-order valence-corrected chi connectivity index (χ0v) is 16.9. The summed E-state index contributed by atoms with van der Waals surface area (Å²) in [5.41, 5.74) is 0.629. The van der Waals surface area contributed by atoms with Gasteiger partial charge in [0.2, 0.25) is 5.78 Å². The molecule has 0 radical (unpaired) electrons. The van der Waals surface area contributed by atoms with E-state index in [0.717, 1.165) is 5.56 Å². The maximum absolute atomic E-state index is 12.5. The van der Waals surface area contributed by atoms with E-state index in [9.17, 15) is 23.9 Å². The second kappa shape index (κ2) is 7.92. The molecule has 4 aromatic rings. The van der Waals surface area contributed by atoms with Crippen LogP contribution in [0.25, 0.3) is 22.4 Å². The summed E-state index contributed by atoms with van der Waals surface area (Å²) >= 11 is 0. The molecule has 0 bridgehead atoms. The molecule has 1 atom stereocenters. The molecular weight excluding hydrogens is 425 g/mol. The van der Waals surface area contributed by atoms with E-state index < -0.39 is 30.8 Å². The second-order valence-electron chi connectivity index (χ2n) is 6.76. The molecule has 0 aliphatic carbocycles. The van der Waals surface area contributed by atoms with E-state index in [4.69, 9.17) is 8.83 Å². The standard InChI is InChI=1S/C20H16N3O7P/c1-11-6-8-12(9-7-11)16(24)21-19(31(26,27)28)18-23-22-17(30-18)14-10-13-4-2-3-5-15(13)29-20(14)25/h2-10,19H,1H3,(H,21,24)(H2,26,27,28). The van der Waals surface area contributed by atoms with Crippen LogP contribution in [0.15, 0.2) is 68.2 Å². The van der Waals surface area contributed by atoms with Crippen LogP contribution in [0, 0.1) is 6.92 Å².